The number of halogens is 2. The second kappa shape index (κ2) is 7.64. The molecule has 0 saturated carbocycles. The van der Waals surface area contributed by atoms with E-state index < -0.39 is 6.04 Å². The average Bonchev–Trinajstić information content (AvgIpc) is 3.46. The molecule has 156 valence electrons. The maximum Gasteiger partial charge on any atom is 0.267 e. The molecule has 0 spiro atoms. The van der Waals surface area contributed by atoms with Crippen molar-refractivity contribution in [2.75, 3.05) is 5.32 Å². The Morgan fingerprint density at radius 3 is 2.84 bits per heavy atom. The Hall–Kier alpha value is -3.50. The number of nitrogens with zero attached hydrogens (tertiary/aromatic N) is 7. The predicted molar refractivity (Wildman–Crippen MR) is 117 cm³/mol. The van der Waals surface area contributed by atoms with Crippen LogP contribution < -0.4 is 10.9 Å². The fourth-order valence-electron chi connectivity index (χ4n) is 3.46. The average molecular weight is 456 g/mol. The lowest BCUT2D eigenvalue weighted by Gasteiger charge is -2.21. The van der Waals surface area contributed by atoms with Crippen molar-refractivity contribution < 1.29 is 0 Å². The smallest absolute Gasteiger partial charge is 0.267 e. The summed E-state index contributed by atoms with van der Waals surface area (Å²) in [7, 11) is 0. The van der Waals surface area contributed by atoms with Crippen LogP contribution in [0.4, 0.5) is 5.82 Å². The van der Waals surface area contributed by atoms with Gasteiger partial charge in [0.05, 0.1) is 38.9 Å². The van der Waals surface area contributed by atoms with Gasteiger partial charge in [-0.25, -0.2) is 19.5 Å². The summed E-state index contributed by atoms with van der Waals surface area (Å²) in [6.45, 7) is 1.97. The minimum atomic E-state index is -0.405. The highest BCUT2D eigenvalue weighted by molar-refractivity contribution is 6.39. The Labute approximate surface area is 184 Å². The molecule has 31 heavy (non-hydrogen) atoms. The monoisotopic (exact) mass is 455 g/mol. The molecule has 10 nitrogen and oxygen atoms in total. The molecule has 0 unspecified atom stereocenters. The highest BCUT2D eigenvalue weighted by Gasteiger charge is 2.24. The van der Waals surface area contributed by atoms with Gasteiger partial charge in [-0.3, -0.25) is 14.5 Å². The number of rotatable bonds is 5. The van der Waals surface area contributed by atoms with Crippen LogP contribution in [0.15, 0.2) is 48.0 Å². The summed E-state index contributed by atoms with van der Waals surface area (Å²) in [6, 6.07) is 2.80. The number of nitrogens with one attached hydrogen (secondary N) is 2. The number of benzene rings is 1. The first-order chi connectivity index (χ1) is 15.1. The largest absolute Gasteiger partial charge is 0.357 e. The summed E-state index contributed by atoms with van der Waals surface area (Å²) in [4.78, 5) is 26.9. The van der Waals surface area contributed by atoms with Crippen LogP contribution in [0.25, 0.3) is 22.2 Å². The van der Waals surface area contributed by atoms with Gasteiger partial charge in [0.2, 0.25) is 0 Å². The number of fused-ring (bicyclic) bond motifs is 2. The Morgan fingerprint density at radius 1 is 1.23 bits per heavy atom. The van der Waals surface area contributed by atoms with Crippen molar-refractivity contribution in [1.82, 2.24) is 39.3 Å². The van der Waals surface area contributed by atoms with Crippen LogP contribution in [0, 0.1) is 0 Å². The van der Waals surface area contributed by atoms with Crippen LogP contribution in [-0.4, -0.2) is 39.3 Å². The Bertz CT molecular complexity index is 1460. The third-order valence-electron chi connectivity index (χ3n) is 4.92. The molecule has 0 bridgehead atoms. The molecule has 0 saturated heterocycles. The van der Waals surface area contributed by atoms with Crippen LogP contribution in [0.1, 0.15) is 25.2 Å². The number of imidazole rings is 1. The zero-order valence-electron chi connectivity index (χ0n) is 16.1. The lowest BCUT2D eigenvalue weighted by Crippen LogP contribution is -2.28. The van der Waals surface area contributed by atoms with E-state index in [2.05, 4.69) is 30.6 Å². The van der Waals surface area contributed by atoms with Crippen molar-refractivity contribution in [3.63, 3.8) is 0 Å². The van der Waals surface area contributed by atoms with Crippen molar-refractivity contribution in [2.45, 2.75) is 19.4 Å². The van der Waals surface area contributed by atoms with Crippen molar-refractivity contribution in [3.05, 3.63) is 69.5 Å². The normalized spacial score (nSPS) is 12.5. The van der Waals surface area contributed by atoms with Crippen LogP contribution in [0.2, 0.25) is 10.0 Å². The van der Waals surface area contributed by atoms with E-state index in [1.165, 1.54) is 10.9 Å². The molecule has 0 aliphatic rings. The van der Waals surface area contributed by atoms with Gasteiger partial charge < -0.3 is 5.32 Å². The van der Waals surface area contributed by atoms with Crippen molar-refractivity contribution in [3.8, 4) is 5.69 Å². The molecule has 1 atom stereocenters. The van der Waals surface area contributed by atoms with Crippen LogP contribution in [-0.2, 0) is 0 Å². The minimum Gasteiger partial charge on any atom is -0.357 e. The molecule has 0 fully saturated rings. The Kier molecular flexibility index (Phi) is 4.79. The molecule has 4 aromatic heterocycles. The van der Waals surface area contributed by atoms with Crippen LogP contribution in [0.5, 0.6) is 0 Å². The number of anilines is 1. The molecular weight excluding hydrogens is 441 g/mol. The van der Waals surface area contributed by atoms with E-state index in [9.17, 15) is 4.79 Å². The standard InChI is InChI=1S/C19H15Cl2N9O/c1-2-13(27-16-18-22-5-6-29(18)26-9-23-16)17-28-15-12(21)4-3-11(20)14(15)19(31)30(17)10-7-24-25-8-10/h3-9,13H,2H2,1H3,(H,24,25)(H,23,26,27)/t13-/m0/s1. The molecule has 2 N–H and O–H groups in total. The zero-order chi connectivity index (χ0) is 21.5. The van der Waals surface area contributed by atoms with Crippen molar-refractivity contribution in [1.29, 1.82) is 0 Å². The SMILES string of the molecule is CC[C@H](Nc1ncnn2ccnc12)c1nc2c(Cl)ccc(Cl)c2c(=O)n1-c1cn[nH]c1. The number of hydrogen-bond acceptors (Lipinski definition) is 7. The Morgan fingerprint density at radius 2 is 2.06 bits per heavy atom. The molecule has 5 rings (SSSR count). The maximum absolute atomic E-state index is 13.5. The molecule has 0 radical (unpaired) electrons. The number of aromatic amines is 1. The third kappa shape index (κ3) is 3.20. The van der Waals surface area contributed by atoms with E-state index in [0.29, 0.717) is 39.9 Å². The molecule has 0 aliphatic carbocycles. The summed E-state index contributed by atoms with van der Waals surface area (Å²) in [5.41, 5.74) is 1.07. The lowest BCUT2D eigenvalue weighted by atomic mass is 10.1. The Balaban J connectivity index is 1.76. The molecule has 12 heteroatoms. The van der Waals surface area contributed by atoms with Crippen molar-refractivity contribution >= 4 is 45.6 Å². The fourth-order valence-corrected chi connectivity index (χ4v) is 3.89. The first-order valence-corrected chi connectivity index (χ1v) is 10.1. The highest BCUT2D eigenvalue weighted by atomic mass is 35.5. The molecular formula is C19H15Cl2N9O. The van der Waals surface area contributed by atoms with Gasteiger partial charge in [-0.1, -0.05) is 30.1 Å². The van der Waals surface area contributed by atoms with E-state index in [0.717, 1.165) is 0 Å². The summed E-state index contributed by atoms with van der Waals surface area (Å²) in [5.74, 6) is 0.950. The zero-order valence-corrected chi connectivity index (χ0v) is 17.6. The molecule has 0 amide bonds. The van der Waals surface area contributed by atoms with E-state index in [-0.39, 0.29) is 16.0 Å². The topological polar surface area (TPSA) is 119 Å². The third-order valence-corrected chi connectivity index (χ3v) is 5.54. The lowest BCUT2D eigenvalue weighted by molar-refractivity contribution is 0.657. The van der Waals surface area contributed by atoms with Gasteiger partial charge in [0.1, 0.15) is 12.2 Å². The van der Waals surface area contributed by atoms with Crippen LogP contribution >= 0.6 is 23.2 Å². The van der Waals surface area contributed by atoms with Gasteiger partial charge in [0.25, 0.3) is 5.56 Å². The van der Waals surface area contributed by atoms with E-state index >= 15 is 0 Å². The van der Waals surface area contributed by atoms with Gasteiger partial charge >= 0.3 is 0 Å². The predicted octanol–water partition coefficient (Wildman–Crippen LogP) is 3.42. The molecule has 4 heterocycles. The van der Waals surface area contributed by atoms with E-state index in [4.69, 9.17) is 28.2 Å². The molecule has 5 aromatic rings. The summed E-state index contributed by atoms with van der Waals surface area (Å²) in [5, 5.41) is 15.0. The fraction of sp³-hybridized carbons (Fsp3) is 0.158. The first kappa shape index (κ1) is 19.5. The summed E-state index contributed by atoms with van der Waals surface area (Å²) < 4.78 is 3.08. The number of aromatic nitrogens is 8. The summed E-state index contributed by atoms with van der Waals surface area (Å²) >= 11 is 12.7. The van der Waals surface area contributed by atoms with Crippen molar-refractivity contribution in [2.24, 2.45) is 0 Å². The number of hydrogen-bond donors (Lipinski definition) is 2. The molecule has 0 aliphatic heterocycles. The van der Waals surface area contributed by atoms with E-state index in [1.54, 1.807) is 41.4 Å². The quantitative estimate of drug-likeness (QED) is 0.416. The van der Waals surface area contributed by atoms with Gasteiger partial charge in [-0.05, 0) is 18.6 Å². The summed E-state index contributed by atoms with van der Waals surface area (Å²) in [6.07, 6.45) is 8.53. The van der Waals surface area contributed by atoms with Crippen LogP contribution in [0.3, 0.4) is 0 Å². The number of H-pyrrole nitrogens is 1. The van der Waals surface area contributed by atoms with Gasteiger partial charge in [-0.15, -0.1) is 0 Å². The second-order valence-corrected chi connectivity index (χ2v) is 7.54. The molecule has 1 aromatic carbocycles. The second-order valence-electron chi connectivity index (χ2n) is 6.73. The van der Waals surface area contributed by atoms with Gasteiger partial charge in [0.15, 0.2) is 11.5 Å². The first-order valence-electron chi connectivity index (χ1n) is 9.39. The minimum absolute atomic E-state index is 0.242. The maximum atomic E-state index is 13.5. The van der Waals surface area contributed by atoms with Gasteiger partial charge in [0, 0.05) is 18.6 Å². The highest BCUT2D eigenvalue weighted by Crippen LogP contribution is 2.30. The van der Waals surface area contributed by atoms with E-state index in [1.807, 2.05) is 6.92 Å². The van der Waals surface area contributed by atoms with Gasteiger partial charge in [-0.2, -0.15) is 10.2 Å².